The van der Waals surface area contributed by atoms with Crippen LogP contribution in [0.2, 0.25) is 0 Å². The second kappa shape index (κ2) is 5.99. The molecule has 2 aliphatic heterocycles. The van der Waals surface area contributed by atoms with Crippen molar-refractivity contribution >= 4 is 12.0 Å². The number of amides is 2. The predicted octanol–water partition coefficient (Wildman–Crippen LogP) is 1.10. The Morgan fingerprint density at radius 3 is 2.35 bits per heavy atom. The summed E-state index contributed by atoms with van der Waals surface area (Å²) >= 11 is 0. The highest BCUT2D eigenvalue weighted by molar-refractivity contribution is 5.80. The molecule has 2 rings (SSSR count). The molecule has 114 valence electrons. The fraction of sp³-hybridized carbons (Fsp3) is 0.857. The van der Waals surface area contributed by atoms with Crippen LogP contribution in [0, 0.1) is 5.92 Å². The summed E-state index contributed by atoms with van der Waals surface area (Å²) in [6, 6.07) is 0. The highest BCUT2D eigenvalue weighted by Crippen LogP contribution is 2.21. The van der Waals surface area contributed by atoms with E-state index in [9.17, 15) is 9.59 Å². The third-order valence-electron chi connectivity index (χ3n) is 3.51. The molecule has 2 aliphatic rings. The summed E-state index contributed by atoms with van der Waals surface area (Å²) in [5.74, 6) is 0.0416. The normalized spacial score (nSPS) is 23.9. The van der Waals surface area contributed by atoms with Gasteiger partial charge in [0.25, 0.3) is 0 Å². The Kier molecular flexibility index (Phi) is 4.52. The number of hydrogen-bond donors (Lipinski definition) is 0. The maximum atomic E-state index is 12.3. The maximum Gasteiger partial charge on any atom is 0.410 e. The zero-order chi connectivity index (χ0) is 14.8. The number of carbonyl (C=O) groups excluding carboxylic acids is 2. The SMILES string of the molecule is CC(C)(C)OC(=O)N1CCC(C(=O)N2CCOCC2)C1. The molecule has 1 atom stereocenters. The van der Waals surface area contributed by atoms with Crippen LogP contribution in [0.25, 0.3) is 0 Å². The molecule has 0 N–H and O–H groups in total. The van der Waals surface area contributed by atoms with Crippen molar-refractivity contribution in [1.29, 1.82) is 0 Å². The minimum absolute atomic E-state index is 0.0966. The quantitative estimate of drug-likeness (QED) is 0.723. The Balaban J connectivity index is 1.85. The Hall–Kier alpha value is -1.30. The van der Waals surface area contributed by atoms with Gasteiger partial charge in [0.2, 0.25) is 5.91 Å². The van der Waals surface area contributed by atoms with E-state index in [1.165, 1.54) is 0 Å². The lowest BCUT2D eigenvalue weighted by Crippen LogP contribution is -2.44. The lowest BCUT2D eigenvalue weighted by molar-refractivity contribution is -0.139. The van der Waals surface area contributed by atoms with E-state index < -0.39 is 5.60 Å². The average Bonchev–Trinajstić information content (AvgIpc) is 2.86. The summed E-state index contributed by atoms with van der Waals surface area (Å²) in [7, 11) is 0. The molecular weight excluding hydrogens is 260 g/mol. The molecule has 1 unspecified atom stereocenters. The molecule has 0 aromatic heterocycles. The van der Waals surface area contributed by atoms with Crippen molar-refractivity contribution in [2.75, 3.05) is 39.4 Å². The molecule has 0 aromatic carbocycles. The van der Waals surface area contributed by atoms with Crippen LogP contribution in [-0.2, 0) is 14.3 Å². The van der Waals surface area contributed by atoms with Crippen molar-refractivity contribution in [1.82, 2.24) is 9.80 Å². The third kappa shape index (κ3) is 3.85. The Bertz CT molecular complexity index is 372. The molecule has 2 amide bonds. The van der Waals surface area contributed by atoms with Crippen LogP contribution in [-0.4, -0.2) is 66.8 Å². The number of carbonyl (C=O) groups is 2. The lowest BCUT2D eigenvalue weighted by Gasteiger charge is -2.29. The predicted molar refractivity (Wildman–Crippen MR) is 73.3 cm³/mol. The first-order chi connectivity index (χ1) is 9.37. The van der Waals surface area contributed by atoms with E-state index in [2.05, 4.69) is 0 Å². The first-order valence-corrected chi connectivity index (χ1v) is 7.21. The van der Waals surface area contributed by atoms with E-state index in [4.69, 9.17) is 9.47 Å². The fourth-order valence-electron chi connectivity index (χ4n) is 2.50. The van der Waals surface area contributed by atoms with Crippen LogP contribution in [0.1, 0.15) is 27.2 Å². The van der Waals surface area contributed by atoms with Gasteiger partial charge < -0.3 is 19.3 Å². The molecule has 0 radical (unpaired) electrons. The van der Waals surface area contributed by atoms with Gasteiger partial charge >= 0.3 is 6.09 Å². The van der Waals surface area contributed by atoms with E-state index in [0.29, 0.717) is 39.4 Å². The Morgan fingerprint density at radius 2 is 1.75 bits per heavy atom. The van der Waals surface area contributed by atoms with Crippen molar-refractivity contribution < 1.29 is 19.1 Å². The summed E-state index contributed by atoms with van der Waals surface area (Å²) < 4.78 is 10.6. The standard InChI is InChI=1S/C14H24N2O4/c1-14(2,3)20-13(18)16-5-4-11(10-16)12(17)15-6-8-19-9-7-15/h11H,4-10H2,1-3H3. The molecule has 0 bridgehead atoms. The molecule has 0 spiro atoms. The number of ether oxygens (including phenoxy) is 2. The third-order valence-corrected chi connectivity index (χ3v) is 3.51. The summed E-state index contributed by atoms with van der Waals surface area (Å²) in [6.45, 7) is 9.11. The van der Waals surface area contributed by atoms with Gasteiger partial charge in [-0.25, -0.2) is 4.79 Å². The van der Waals surface area contributed by atoms with Gasteiger partial charge in [-0.3, -0.25) is 4.79 Å². The number of rotatable bonds is 1. The second-order valence-electron chi connectivity index (χ2n) is 6.35. The number of morpholine rings is 1. The van der Waals surface area contributed by atoms with Gasteiger partial charge in [-0.05, 0) is 27.2 Å². The summed E-state index contributed by atoms with van der Waals surface area (Å²) in [5.41, 5.74) is -0.497. The molecule has 2 heterocycles. The highest BCUT2D eigenvalue weighted by Gasteiger charge is 2.35. The van der Waals surface area contributed by atoms with Crippen LogP contribution < -0.4 is 0 Å². The maximum absolute atomic E-state index is 12.3. The molecule has 6 heteroatoms. The molecule has 0 aliphatic carbocycles. The van der Waals surface area contributed by atoms with E-state index in [-0.39, 0.29) is 17.9 Å². The zero-order valence-corrected chi connectivity index (χ0v) is 12.6. The van der Waals surface area contributed by atoms with Crippen LogP contribution in [0.3, 0.4) is 0 Å². The van der Waals surface area contributed by atoms with Gasteiger partial charge in [-0.2, -0.15) is 0 Å². The fourth-order valence-corrected chi connectivity index (χ4v) is 2.50. The number of likely N-dealkylation sites (tertiary alicyclic amines) is 1. The van der Waals surface area contributed by atoms with Crippen molar-refractivity contribution in [3.63, 3.8) is 0 Å². The monoisotopic (exact) mass is 284 g/mol. The van der Waals surface area contributed by atoms with Gasteiger partial charge in [-0.1, -0.05) is 0 Å². The lowest BCUT2D eigenvalue weighted by atomic mass is 10.1. The number of hydrogen-bond acceptors (Lipinski definition) is 4. The minimum Gasteiger partial charge on any atom is -0.444 e. The number of nitrogens with zero attached hydrogens (tertiary/aromatic N) is 2. The molecule has 2 fully saturated rings. The van der Waals surface area contributed by atoms with Gasteiger partial charge in [0.1, 0.15) is 5.60 Å². The van der Waals surface area contributed by atoms with Crippen LogP contribution in [0.5, 0.6) is 0 Å². The summed E-state index contributed by atoms with van der Waals surface area (Å²) in [6.07, 6.45) is 0.393. The molecule has 2 saturated heterocycles. The van der Waals surface area contributed by atoms with Gasteiger partial charge in [0, 0.05) is 26.2 Å². The van der Waals surface area contributed by atoms with Crippen molar-refractivity contribution in [2.24, 2.45) is 5.92 Å². The topological polar surface area (TPSA) is 59.1 Å². The van der Waals surface area contributed by atoms with Crippen molar-refractivity contribution in [2.45, 2.75) is 32.8 Å². The average molecular weight is 284 g/mol. The first kappa shape index (κ1) is 15.1. The van der Waals surface area contributed by atoms with Crippen molar-refractivity contribution in [3.8, 4) is 0 Å². The van der Waals surface area contributed by atoms with E-state index in [0.717, 1.165) is 6.42 Å². The van der Waals surface area contributed by atoms with Gasteiger partial charge in [0.15, 0.2) is 0 Å². The molecule has 0 aromatic rings. The summed E-state index contributed by atoms with van der Waals surface area (Å²) in [5, 5.41) is 0. The van der Waals surface area contributed by atoms with Gasteiger partial charge in [-0.15, -0.1) is 0 Å². The largest absolute Gasteiger partial charge is 0.444 e. The van der Waals surface area contributed by atoms with E-state index >= 15 is 0 Å². The minimum atomic E-state index is -0.497. The Morgan fingerprint density at radius 1 is 1.10 bits per heavy atom. The van der Waals surface area contributed by atoms with Crippen LogP contribution in [0.4, 0.5) is 4.79 Å². The van der Waals surface area contributed by atoms with E-state index in [1.54, 1.807) is 4.90 Å². The van der Waals surface area contributed by atoms with E-state index in [1.807, 2.05) is 25.7 Å². The Labute approximate surface area is 120 Å². The highest BCUT2D eigenvalue weighted by atomic mass is 16.6. The first-order valence-electron chi connectivity index (χ1n) is 7.21. The summed E-state index contributed by atoms with van der Waals surface area (Å²) in [4.78, 5) is 27.8. The molecular formula is C14H24N2O4. The van der Waals surface area contributed by atoms with Crippen molar-refractivity contribution in [3.05, 3.63) is 0 Å². The molecule has 0 saturated carbocycles. The second-order valence-corrected chi connectivity index (χ2v) is 6.35. The molecule has 6 nitrogen and oxygen atoms in total. The smallest absolute Gasteiger partial charge is 0.410 e. The zero-order valence-electron chi connectivity index (χ0n) is 12.6. The van der Waals surface area contributed by atoms with Crippen LogP contribution >= 0.6 is 0 Å². The van der Waals surface area contributed by atoms with Gasteiger partial charge in [0.05, 0.1) is 19.1 Å². The van der Waals surface area contributed by atoms with Crippen LogP contribution in [0.15, 0.2) is 0 Å². The molecule has 20 heavy (non-hydrogen) atoms.